The van der Waals surface area contributed by atoms with E-state index in [1.807, 2.05) is 0 Å². The van der Waals surface area contributed by atoms with E-state index in [9.17, 15) is 19.7 Å². The lowest BCUT2D eigenvalue weighted by atomic mass is 10.2. The summed E-state index contributed by atoms with van der Waals surface area (Å²) in [5, 5.41) is 16.5. The lowest BCUT2D eigenvalue weighted by Gasteiger charge is -2.13. The predicted molar refractivity (Wildman–Crippen MR) is 104 cm³/mol. The number of nitro groups is 1. The third kappa shape index (κ3) is 4.56. The van der Waals surface area contributed by atoms with Crippen LogP contribution in [0.5, 0.6) is 5.75 Å². The van der Waals surface area contributed by atoms with Gasteiger partial charge in [-0.05, 0) is 24.3 Å². The number of aliphatic imine (C=N–C) groups is 1. The number of ether oxygens (including phenoxy) is 1. The molecule has 28 heavy (non-hydrogen) atoms. The molecule has 0 saturated heterocycles. The van der Waals surface area contributed by atoms with Crippen molar-refractivity contribution in [2.24, 2.45) is 4.99 Å². The quantitative estimate of drug-likeness (QED) is 0.565. The van der Waals surface area contributed by atoms with Crippen molar-refractivity contribution in [2.75, 3.05) is 11.9 Å². The fourth-order valence-electron chi connectivity index (χ4n) is 2.34. The van der Waals surface area contributed by atoms with Crippen LogP contribution in [0.1, 0.15) is 0 Å². The van der Waals surface area contributed by atoms with Gasteiger partial charge in [0.05, 0.1) is 21.3 Å². The third-order valence-electron chi connectivity index (χ3n) is 3.66. The Morgan fingerprint density at radius 2 is 2.07 bits per heavy atom. The van der Waals surface area contributed by atoms with Gasteiger partial charge in [0.15, 0.2) is 6.61 Å². The fraction of sp³-hybridized carbons (Fsp3) is 0.118. The van der Waals surface area contributed by atoms with Gasteiger partial charge in [-0.1, -0.05) is 23.2 Å². The molecule has 0 spiro atoms. The summed E-state index contributed by atoms with van der Waals surface area (Å²) in [4.78, 5) is 38.8. The minimum absolute atomic E-state index is 0.177. The highest BCUT2D eigenvalue weighted by Crippen LogP contribution is 2.30. The van der Waals surface area contributed by atoms with E-state index in [0.717, 1.165) is 0 Å². The fourth-order valence-corrected chi connectivity index (χ4v) is 2.80. The molecule has 2 aromatic carbocycles. The van der Waals surface area contributed by atoms with Crippen LogP contribution in [-0.2, 0) is 9.59 Å². The average molecular weight is 423 g/mol. The molecule has 0 fully saturated rings. The second-order valence-corrected chi connectivity index (χ2v) is 6.48. The number of nitrogens with one attached hydrogen (secondary N) is 2. The summed E-state index contributed by atoms with van der Waals surface area (Å²) in [6.07, 6.45) is 1.24. The van der Waals surface area contributed by atoms with Gasteiger partial charge >= 0.3 is 0 Å². The Morgan fingerprint density at radius 1 is 1.29 bits per heavy atom. The lowest BCUT2D eigenvalue weighted by molar-refractivity contribution is -0.384. The molecule has 1 unspecified atom stereocenters. The molecule has 1 aliphatic rings. The summed E-state index contributed by atoms with van der Waals surface area (Å²) in [5.74, 6) is -0.921. The molecule has 2 aromatic rings. The van der Waals surface area contributed by atoms with Crippen molar-refractivity contribution >= 4 is 58.3 Å². The highest BCUT2D eigenvalue weighted by molar-refractivity contribution is 6.35. The highest BCUT2D eigenvalue weighted by atomic mass is 35.5. The first kappa shape index (κ1) is 19.6. The van der Waals surface area contributed by atoms with E-state index in [-0.39, 0.29) is 22.1 Å². The van der Waals surface area contributed by atoms with E-state index in [0.29, 0.717) is 10.7 Å². The van der Waals surface area contributed by atoms with E-state index in [1.165, 1.54) is 36.5 Å². The minimum atomic E-state index is -1.08. The molecule has 3 rings (SSSR count). The van der Waals surface area contributed by atoms with Crippen molar-refractivity contribution in [3.63, 3.8) is 0 Å². The summed E-state index contributed by atoms with van der Waals surface area (Å²) in [5.41, 5.74) is 0.321. The molecule has 1 atom stereocenters. The van der Waals surface area contributed by atoms with Crippen LogP contribution >= 0.6 is 23.2 Å². The van der Waals surface area contributed by atoms with Gasteiger partial charge in [0.1, 0.15) is 11.8 Å². The molecule has 0 radical (unpaired) electrons. The van der Waals surface area contributed by atoms with Crippen molar-refractivity contribution in [1.29, 1.82) is 0 Å². The molecule has 0 aliphatic carbocycles. The Labute approximate surface area is 168 Å². The molecule has 2 N–H and O–H groups in total. The second kappa shape index (κ2) is 8.24. The smallest absolute Gasteiger partial charge is 0.271 e. The van der Waals surface area contributed by atoms with Crippen LogP contribution in [0.3, 0.4) is 0 Å². The van der Waals surface area contributed by atoms with Crippen LogP contribution in [0, 0.1) is 10.1 Å². The van der Waals surface area contributed by atoms with E-state index >= 15 is 0 Å². The van der Waals surface area contributed by atoms with Gasteiger partial charge in [-0.3, -0.25) is 24.7 Å². The molecule has 9 nitrogen and oxygen atoms in total. The van der Waals surface area contributed by atoms with E-state index in [2.05, 4.69) is 15.6 Å². The van der Waals surface area contributed by atoms with Crippen LogP contribution < -0.4 is 15.4 Å². The van der Waals surface area contributed by atoms with Crippen molar-refractivity contribution in [1.82, 2.24) is 5.32 Å². The van der Waals surface area contributed by atoms with Crippen molar-refractivity contribution in [3.8, 4) is 5.75 Å². The number of carbonyl (C=O) groups is 2. The summed E-state index contributed by atoms with van der Waals surface area (Å²) in [6.45, 7) is -0.391. The minimum Gasteiger partial charge on any atom is -0.482 e. The van der Waals surface area contributed by atoms with Crippen LogP contribution in [0.15, 0.2) is 41.4 Å². The number of fused-ring (bicyclic) bond motifs is 1. The zero-order valence-electron chi connectivity index (χ0n) is 14.0. The first-order chi connectivity index (χ1) is 13.3. The summed E-state index contributed by atoms with van der Waals surface area (Å²) in [7, 11) is 0. The van der Waals surface area contributed by atoms with E-state index < -0.39 is 29.4 Å². The van der Waals surface area contributed by atoms with Gasteiger partial charge in [-0.2, -0.15) is 0 Å². The molecule has 0 aromatic heterocycles. The normalized spacial score (nSPS) is 15.2. The molecular weight excluding hydrogens is 411 g/mol. The second-order valence-electron chi connectivity index (χ2n) is 5.63. The lowest BCUT2D eigenvalue weighted by Crippen LogP contribution is -2.46. The zero-order chi connectivity index (χ0) is 20.3. The number of anilines is 1. The molecule has 1 aliphatic heterocycles. The Hall–Kier alpha value is -3.17. The average Bonchev–Trinajstić information content (AvgIpc) is 2.79. The summed E-state index contributed by atoms with van der Waals surface area (Å²) < 4.78 is 5.31. The van der Waals surface area contributed by atoms with Gasteiger partial charge < -0.3 is 15.4 Å². The topological polar surface area (TPSA) is 123 Å². The van der Waals surface area contributed by atoms with Crippen molar-refractivity contribution in [2.45, 2.75) is 6.04 Å². The number of benzene rings is 2. The van der Waals surface area contributed by atoms with E-state index in [1.54, 1.807) is 6.07 Å². The number of hydrogen-bond acceptors (Lipinski definition) is 6. The highest BCUT2D eigenvalue weighted by Gasteiger charge is 2.24. The molecule has 2 amide bonds. The molecule has 11 heteroatoms. The van der Waals surface area contributed by atoms with Crippen LogP contribution in [0.25, 0.3) is 0 Å². The number of rotatable bonds is 5. The Balaban J connectivity index is 1.64. The number of amides is 2. The summed E-state index contributed by atoms with van der Waals surface area (Å²) in [6, 6.07) is 7.33. The zero-order valence-corrected chi connectivity index (χ0v) is 15.5. The van der Waals surface area contributed by atoms with Crippen molar-refractivity contribution < 1.29 is 19.2 Å². The van der Waals surface area contributed by atoms with Crippen molar-refractivity contribution in [3.05, 3.63) is 56.6 Å². The molecule has 144 valence electrons. The number of halogens is 2. The Kier molecular flexibility index (Phi) is 5.76. The summed E-state index contributed by atoms with van der Waals surface area (Å²) >= 11 is 11.8. The van der Waals surface area contributed by atoms with Crippen LogP contribution in [0.2, 0.25) is 10.0 Å². The SMILES string of the molecule is O=C(COc1ccc(Cl)cc1Cl)NC1C=Nc2ccc([N+](=O)[O-])cc2NC1=O. The number of non-ortho nitro benzene ring substituents is 1. The van der Waals surface area contributed by atoms with E-state index in [4.69, 9.17) is 27.9 Å². The maximum atomic E-state index is 12.3. The van der Waals surface area contributed by atoms with Gasteiger partial charge in [0, 0.05) is 23.4 Å². The number of nitro benzene ring substituents is 1. The number of nitrogens with zero attached hydrogens (tertiary/aromatic N) is 2. The Morgan fingerprint density at radius 3 is 2.79 bits per heavy atom. The maximum absolute atomic E-state index is 12.3. The van der Waals surface area contributed by atoms with Gasteiger partial charge in [0.2, 0.25) is 0 Å². The van der Waals surface area contributed by atoms with Gasteiger partial charge in [0.25, 0.3) is 17.5 Å². The predicted octanol–water partition coefficient (Wildman–Crippen LogP) is 3.12. The number of hydrogen-bond donors (Lipinski definition) is 2. The van der Waals surface area contributed by atoms with Gasteiger partial charge in [-0.15, -0.1) is 0 Å². The number of carbonyl (C=O) groups excluding carboxylic acids is 2. The Bertz CT molecular complexity index is 996. The van der Waals surface area contributed by atoms with Crippen LogP contribution in [-0.4, -0.2) is 35.6 Å². The molecular formula is C17H12Cl2N4O5. The first-order valence-corrected chi connectivity index (χ1v) is 8.60. The molecule has 1 heterocycles. The standard InChI is InChI=1S/C17H12Cl2N4O5/c18-9-1-4-15(11(19)5-9)28-8-16(24)21-14-7-20-12-3-2-10(23(26)27)6-13(12)22-17(14)25/h1-7,14H,8H2,(H,21,24)(H,22,25). The largest absolute Gasteiger partial charge is 0.482 e. The maximum Gasteiger partial charge on any atom is 0.271 e. The van der Waals surface area contributed by atoms with Crippen LogP contribution in [0.4, 0.5) is 17.1 Å². The molecule has 0 bridgehead atoms. The monoisotopic (exact) mass is 422 g/mol. The third-order valence-corrected chi connectivity index (χ3v) is 4.19. The van der Waals surface area contributed by atoms with Gasteiger partial charge in [-0.25, -0.2) is 0 Å². The first-order valence-electron chi connectivity index (χ1n) is 7.84. The molecule has 0 saturated carbocycles.